The molecule has 2 heterocycles. The fraction of sp³-hybridized carbons (Fsp3) is 0.263. The molecule has 0 spiro atoms. The van der Waals surface area contributed by atoms with Gasteiger partial charge in [-0.3, -0.25) is 0 Å². The molecule has 0 aliphatic rings. The van der Waals surface area contributed by atoms with Crippen molar-refractivity contribution in [2.75, 3.05) is 10.6 Å². The summed E-state index contributed by atoms with van der Waals surface area (Å²) in [7, 11) is 0. The lowest BCUT2D eigenvalue weighted by Gasteiger charge is -2.12. The van der Waals surface area contributed by atoms with E-state index in [0.717, 1.165) is 28.8 Å². The first kappa shape index (κ1) is 16.8. The van der Waals surface area contributed by atoms with E-state index in [2.05, 4.69) is 20.6 Å². The third-order valence-electron chi connectivity index (χ3n) is 3.36. The highest BCUT2D eigenvalue weighted by Gasteiger charge is 2.04. The lowest BCUT2D eigenvalue weighted by Crippen LogP contribution is -2.06. The monoisotopic (exact) mass is 338 g/mol. The number of benzene rings is 1. The minimum atomic E-state index is 0.158. The first-order valence-electron chi connectivity index (χ1n) is 8.24. The van der Waals surface area contributed by atoms with Crippen molar-refractivity contribution in [2.45, 2.75) is 33.4 Å². The van der Waals surface area contributed by atoms with Gasteiger partial charge in [0, 0.05) is 11.8 Å². The van der Waals surface area contributed by atoms with Crippen LogP contribution in [0.15, 0.2) is 53.1 Å². The van der Waals surface area contributed by atoms with E-state index >= 15 is 0 Å². The molecule has 0 saturated carbocycles. The number of aromatic nitrogens is 2. The lowest BCUT2D eigenvalue weighted by atomic mass is 10.3. The molecule has 2 N–H and O–H groups in total. The molecule has 0 atom stereocenters. The summed E-state index contributed by atoms with van der Waals surface area (Å²) in [6.45, 7) is 6.45. The third kappa shape index (κ3) is 4.97. The average Bonchev–Trinajstić information content (AvgIpc) is 3.07. The molecular formula is C19H22N4O2. The molecule has 3 rings (SSSR count). The number of furan rings is 1. The van der Waals surface area contributed by atoms with E-state index in [9.17, 15) is 0 Å². The molecule has 3 aromatic rings. The van der Waals surface area contributed by atoms with E-state index in [4.69, 9.17) is 9.15 Å². The Labute approximate surface area is 147 Å². The maximum absolute atomic E-state index is 5.65. The van der Waals surface area contributed by atoms with Gasteiger partial charge in [-0.1, -0.05) is 0 Å². The van der Waals surface area contributed by atoms with Gasteiger partial charge in [-0.25, -0.2) is 9.97 Å². The summed E-state index contributed by atoms with van der Waals surface area (Å²) in [5.74, 6) is 3.86. The predicted octanol–water partition coefficient (Wildman–Crippen LogP) is 4.52. The fourth-order valence-electron chi connectivity index (χ4n) is 2.35. The highest BCUT2D eigenvalue weighted by atomic mass is 16.5. The molecule has 6 nitrogen and oxygen atoms in total. The summed E-state index contributed by atoms with van der Waals surface area (Å²) in [5.41, 5.74) is 0.936. The quantitative estimate of drug-likeness (QED) is 0.660. The molecular weight excluding hydrogens is 316 g/mol. The van der Waals surface area contributed by atoms with Crippen LogP contribution in [0.2, 0.25) is 0 Å². The highest BCUT2D eigenvalue weighted by molar-refractivity contribution is 5.60. The SMILES string of the molecule is Cc1nc(NCc2ccco2)cc(Nc2ccc(OC(C)C)cc2)n1. The maximum Gasteiger partial charge on any atom is 0.136 e. The second-order valence-electron chi connectivity index (χ2n) is 5.93. The van der Waals surface area contributed by atoms with E-state index < -0.39 is 0 Å². The second kappa shape index (κ2) is 7.70. The minimum Gasteiger partial charge on any atom is -0.491 e. The topological polar surface area (TPSA) is 72.2 Å². The summed E-state index contributed by atoms with van der Waals surface area (Å²) in [4.78, 5) is 8.83. The Bertz CT molecular complexity index is 799. The van der Waals surface area contributed by atoms with Crippen molar-refractivity contribution in [1.82, 2.24) is 9.97 Å². The molecule has 0 bridgehead atoms. The van der Waals surface area contributed by atoms with Gasteiger partial charge in [0.25, 0.3) is 0 Å². The summed E-state index contributed by atoms with van der Waals surface area (Å²) in [6.07, 6.45) is 1.81. The third-order valence-corrected chi connectivity index (χ3v) is 3.36. The first-order chi connectivity index (χ1) is 12.1. The van der Waals surface area contributed by atoms with Gasteiger partial charge in [-0.2, -0.15) is 0 Å². The number of aryl methyl sites for hydroxylation is 1. The van der Waals surface area contributed by atoms with Crippen LogP contribution in [-0.4, -0.2) is 16.1 Å². The van der Waals surface area contributed by atoms with Crippen LogP contribution < -0.4 is 15.4 Å². The predicted molar refractivity (Wildman–Crippen MR) is 98.3 cm³/mol. The van der Waals surface area contributed by atoms with Crippen LogP contribution in [0.3, 0.4) is 0 Å². The van der Waals surface area contributed by atoms with Gasteiger partial charge in [0.2, 0.25) is 0 Å². The summed E-state index contributed by atoms with van der Waals surface area (Å²) >= 11 is 0. The van der Waals surface area contributed by atoms with Gasteiger partial charge in [0.05, 0.1) is 18.9 Å². The second-order valence-corrected chi connectivity index (χ2v) is 5.93. The molecule has 0 fully saturated rings. The van der Waals surface area contributed by atoms with Crippen LogP contribution in [0.25, 0.3) is 0 Å². The van der Waals surface area contributed by atoms with E-state index in [1.165, 1.54) is 0 Å². The average molecular weight is 338 g/mol. The van der Waals surface area contributed by atoms with Gasteiger partial charge in [0.15, 0.2) is 0 Å². The van der Waals surface area contributed by atoms with E-state index in [0.29, 0.717) is 12.4 Å². The minimum absolute atomic E-state index is 0.158. The summed E-state index contributed by atoms with van der Waals surface area (Å²) in [5, 5.41) is 6.53. The number of anilines is 3. The van der Waals surface area contributed by atoms with Gasteiger partial charge < -0.3 is 19.8 Å². The van der Waals surface area contributed by atoms with Crippen molar-refractivity contribution in [2.24, 2.45) is 0 Å². The maximum atomic E-state index is 5.65. The van der Waals surface area contributed by atoms with Gasteiger partial charge >= 0.3 is 0 Å². The normalized spacial score (nSPS) is 10.7. The number of nitrogens with one attached hydrogen (secondary N) is 2. The molecule has 0 aliphatic carbocycles. The Kier molecular flexibility index (Phi) is 5.18. The fourth-order valence-corrected chi connectivity index (χ4v) is 2.35. The highest BCUT2D eigenvalue weighted by Crippen LogP contribution is 2.21. The van der Waals surface area contributed by atoms with Crippen molar-refractivity contribution in [3.63, 3.8) is 0 Å². The van der Waals surface area contributed by atoms with E-state index in [1.54, 1.807) is 6.26 Å². The van der Waals surface area contributed by atoms with Crippen LogP contribution in [0.5, 0.6) is 5.75 Å². The number of ether oxygens (including phenoxy) is 1. The van der Waals surface area contributed by atoms with Crippen molar-refractivity contribution >= 4 is 17.3 Å². The van der Waals surface area contributed by atoms with Crippen molar-refractivity contribution in [3.05, 3.63) is 60.3 Å². The largest absolute Gasteiger partial charge is 0.491 e. The Morgan fingerprint density at radius 3 is 2.52 bits per heavy atom. The molecule has 130 valence electrons. The zero-order chi connectivity index (χ0) is 17.6. The Morgan fingerprint density at radius 1 is 1.08 bits per heavy atom. The van der Waals surface area contributed by atoms with Crippen LogP contribution in [0, 0.1) is 6.92 Å². The van der Waals surface area contributed by atoms with Crippen LogP contribution in [0.1, 0.15) is 25.4 Å². The zero-order valence-corrected chi connectivity index (χ0v) is 14.6. The van der Waals surface area contributed by atoms with Crippen molar-refractivity contribution in [1.29, 1.82) is 0 Å². The number of hydrogen-bond donors (Lipinski definition) is 2. The Balaban J connectivity index is 1.67. The molecule has 1 aromatic carbocycles. The van der Waals surface area contributed by atoms with Gasteiger partial charge in [-0.05, 0) is 57.2 Å². The van der Waals surface area contributed by atoms with E-state index in [-0.39, 0.29) is 6.10 Å². The molecule has 0 aliphatic heterocycles. The summed E-state index contributed by atoms with van der Waals surface area (Å²) < 4.78 is 11.0. The molecule has 2 aromatic heterocycles. The molecule has 0 saturated heterocycles. The molecule has 0 amide bonds. The number of hydrogen-bond acceptors (Lipinski definition) is 6. The van der Waals surface area contributed by atoms with Gasteiger partial charge in [0.1, 0.15) is 29.0 Å². The van der Waals surface area contributed by atoms with Gasteiger partial charge in [-0.15, -0.1) is 0 Å². The zero-order valence-electron chi connectivity index (χ0n) is 14.6. The molecule has 25 heavy (non-hydrogen) atoms. The van der Waals surface area contributed by atoms with Crippen molar-refractivity contribution < 1.29 is 9.15 Å². The smallest absolute Gasteiger partial charge is 0.136 e. The number of rotatable bonds is 7. The first-order valence-corrected chi connectivity index (χ1v) is 8.24. The molecule has 6 heteroatoms. The number of nitrogens with zero attached hydrogens (tertiary/aromatic N) is 2. The van der Waals surface area contributed by atoms with Crippen LogP contribution in [0.4, 0.5) is 17.3 Å². The molecule has 0 radical (unpaired) electrons. The van der Waals surface area contributed by atoms with Crippen molar-refractivity contribution in [3.8, 4) is 5.75 Å². The Hall–Kier alpha value is -3.02. The van der Waals surface area contributed by atoms with Crippen LogP contribution >= 0.6 is 0 Å². The molecule has 0 unspecified atom stereocenters. The standard InChI is InChI=1S/C19H22N4O2/c1-13(2)25-16-8-6-15(7-9-16)23-19-11-18(21-14(3)22-19)20-12-17-5-4-10-24-17/h4-11,13H,12H2,1-3H3,(H2,20,21,22,23). The van der Waals surface area contributed by atoms with E-state index in [1.807, 2.05) is 63.2 Å². The summed E-state index contributed by atoms with van der Waals surface area (Å²) in [6, 6.07) is 13.5. The lowest BCUT2D eigenvalue weighted by molar-refractivity contribution is 0.242. The van der Waals surface area contributed by atoms with Crippen LogP contribution in [-0.2, 0) is 6.54 Å². The Morgan fingerprint density at radius 2 is 1.84 bits per heavy atom.